The Balaban J connectivity index is 2.11. The number of aromatic nitrogens is 1. The van der Waals surface area contributed by atoms with E-state index in [1.165, 1.54) is 0 Å². The van der Waals surface area contributed by atoms with Gasteiger partial charge in [-0.1, -0.05) is 17.7 Å². The number of halogens is 1. The van der Waals surface area contributed by atoms with Gasteiger partial charge >= 0.3 is 0 Å². The maximum absolute atomic E-state index is 6.08. The Bertz CT molecular complexity index is 585. The molecule has 0 aliphatic carbocycles. The third-order valence-electron chi connectivity index (χ3n) is 2.97. The number of ether oxygens (including phenoxy) is 2. The van der Waals surface area contributed by atoms with E-state index in [0.717, 1.165) is 22.6 Å². The molecule has 0 atom stereocenters. The third-order valence-corrected chi connectivity index (χ3v) is 3.38. The molecule has 2 rings (SSSR count). The lowest BCUT2D eigenvalue weighted by atomic mass is 10.2. The fourth-order valence-corrected chi connectivity index (χ4v) is 1.96. The van der Waals surface area contributed by atoms with Gasteiger partial charge in [-0.15, -0.1) is 0 Å². The minimum atomic E-state index is 0.605. The molecule has 4 nitrogen and oxygen atoms in total. The fraction of sp³-hybridized carbons (Fsp3) is 0.267. The summed E-state index contributed by atoms with van der Waals surface area (Å²) in [5.74, 6) is 1.33. The van der Waals surface area contributed by atoms with Crippen molar-refractivity contribution in [2.45, 2.75) is 13.5 Å². The summed E-state index contributed by atoms with van der Waals surface area (Å²) in [6.45, 7) is 2.61. The topological polar surface area (TPSA) is 43.4 Å². The van der Waals surface area contributed by atoms with Crippen LogP contribution in [-0.2, 0) is 6.54 Å². The van der Waals surface area contributed by atoms with E-state index >= 15 is 0 Å². The van der Waals surface area contributed by atoms with Gasteiger partial charge in [0.25, 0.3) is 0 Å². The Kier molecular flexibility index (Phi) is 4.69. The normalized spacial score (nSPS) is 10.2. The van der Waals surface area contributed by atoms with E-state index in [-0.39, 0.29) is 0 Å². The highest BCUT2D eigenvalue weighted by molar-refractivity contribution is 6.31. The van der Waals surface area contributed by atoms with Crippen molar-refractivity contribution in [3.8, 4) is 11.6 Å². The van der Waals surface area contributed by atoms with Gasteiger partial charge in [-0.05, 0) is 24.1 Å². The summed E-state index contributed by atoms with van der Waals surface area (Å²) >= 11 is 6.08. The highest BCUT2D eigenvalue weighted by Crippen LogP contribution is 2.31. The van der Waals surface area contributed by atoms with Gasteiger partial charge in [0.2, 0.25) is 5.88 Å². The minimum absolute atomic E-state index is 0.605. The lowest BCUT2D eigenvalue weighted by Gasteiger charge is -2.13. The van der Waals surface area contributed by atoms with Crippen LogP contribution >= 0.6 is 11.6 Å². The monoisotopic (exact) mass is 292 g/mol. The maximum atomic E-state index is 6.08. The fourth-order valence-electron chi connectivity index (χ4n) is 1.80. The van der Waals surface area contributed by atoms with E-state index in [1.54, 1.807) is 20.4 Å². The minimum Gasteiger partial charge on any atom is -0.495 e. The number of rotatable bonds is 5. The molecule has 0 saturated heterocycles. The number of nitrogens with zero attached hydrogens (tertiary/aromatic N) is 1. The number of hydrogen-bond acceptors (Lipinski definition) is 4. The van der Waals surface area contributed by atoms with E-state index in [1.807, 2.05) is 31.2 Å². The van der Waals surface area contributed by atoms with Crippen molar-refractivity contribution in [1.82, 2.24) is 4.98 Å². The van der Waals surface area contributed by atoms with Crippen molar-refractivity contribution >= 4 is 17.3 Å². The molecule has 0 aliphatic heterocycles. The number of anilines is 1. The van der Waals surface area contributed by atoms with Gasteiger partial charge in [0.15, 0.2) is 0 Å². The zero-order chi connectivity index (χ0) is 14.5. The zero-order valence-electron chi connectivity index (χ0n) is 11.7. The Morgan fingerprint density at radius 3 is 2.60 bits per heavy atom. The van der Waals surface area contributed by atoms with Gasteiger partial charge in [-0.3, -0.25) is 0 Å². The van der Waals surface area contributed by atoms with Crippen LogP contribution in [0.5, 0.6) is 11.6 Å². The van der Waals surface area contributed by atoms with Gasteiger partial charge < -0.3 is 14.8 Å². The van der Waals surface area contributed by atoms with Crippen LogP contribution < -0.4 is 14.8 Å². The molecule has 0 aliphatic rings. The molecule has 2 aromatic rings. The Labute approximate surface area is 123 Å². The van der Waals surface area contributed by atoms with Crippen LogP contribution in [0.2, 0.25) is 5.02 Å². The molecule has 0 saturated carbocycles. The first-order valence-corrected chi connectivity index (χ1v) is 6.58. The molecule has 1 aromatic heterocycles. The Hall–Kier alpha value is -1.94. The van der Waals surface area contributed by atoms with Crippen molar-refractivity contribution in [1.29, 1.82) is 0 Å². The molecule has 1 heterocycles. The molecule has 0 amide bonds. The Morgan fingerprint density at radius 2 is 2.00 bits per heavy atom. The van der Waals surface area contributed by atoms with Gasteiger partial charge in [-0.2, -0.15) is 0 Å². The average molecular weight is 293 g/mol. The standard InChI is InChI=1S/C15H17ClN2O2/c1-10-6-13(14(19-2)7-12(10)16)17-8-11-4-5-15(20-3)18-9-11/h4-7,9,17H,8H2,1-3H3. The zero-order valence-corrected chi connectivity index (χ0v) is 12.5. The van der Waals surface area contributed by atoms with Crippen LogP contribution in [0.25, 0.3) is 0 Å². The van der Waals surface area contributed by atoms with Gasteiger partial charge in [0, 0.05) is 29.9 Å². The SMILES string of the molecule is COc1ccc(CNc2cc(C)c(Cl)cc2OC)cn1. The van der Waals surface area contributed by atoms with Crippen LogP contribution in [0.15, 0.2) is 30.5 Å². The molecule has 0 unspecified atom stereocenters. The predicted molar refractivity (Wildman–Crippen MR) is 80.9 cm³/mol. The molecule has 1 aromatic carbocycles. The molecule has 0 fully saturated rings. The number of pyridine rings is 1. The largest absolute Gasteiger partial charge is 0.495 e. The van der Waals surface area contributed by atoms with E-state index in [4.69, 9.17) is 21.1 Å². The first-order valence-electron chi connectivity index (χ1n) is 6.21. The van der Waals surface area contributed by atoms with E-state index in [9.17, 15) is 0 Å². The summed E-state index contributed by atoms with van der Waals surface area (Å²) in [5, 5.41) is 4.01. The van der Waals surface area contributed by atoms with E-state index in [0.29, 0.717) is 17.4 Å². The second-order valence-corrected chi connectivity index (χ2v) is 4.77. The molecule has 0 spiro atoms. The first-order chi connectivity index (χ1) is 9.63. The second-order valence-electron chi connectivity index (χ2n) is 4.36. The average Bonchev–Trinajstić information content (AvgIpc) is 2.48. The molecule has 0 radical (unpaired) electrons. The van der Waals surface area contributed by atoms with Crippen LogP contribution in [0, 0.1) is 6.92 Å². The molecule has 0 bridgehead atoms. The summed E-state index contributed by atoms with van der Waals surface area (Å²) in [7, 11) is 3.22. The summed E-state index contributed by atoms with van der Waals surface area (Å²) < 4.78 is 10.4. The lowest BCUT2D eigenvalue weighted by molar-refractivity contribution is 0.397. The first kappa shape index (κ1) is 14.5. The van der Waals surface area contributed by atoms with Crippen LogP contribution in [0.3, 0.4) is 0 Å². The van der Waals surface area contributed by atoms with Crippen molar-refractivity contribution < 1.29 is 9.47 Å². The van der Waals surface area contributed by atoms with E-state index in [2.05, 4.69) is 10.3 Å². The molecular weight excluding hydrogens is 276 g/mol. The predicted octanol–water partition coefficient (Wildman–Crippen LogP) is 3.67. The van der Waals surface area contributed by atoms with Crippen molar-refractivity contribution in [3.63, 3.8) is 0 Å². The second kappa shape index (κ2) is 6.48. The van der Waals surface area contributed by atoms with Crippen LogP contribution in [0.4, 0.5) is 5.69 Å². The van der Waals surface area contributed by atoms with Crippen molar-refractivity contribution in [3.05, 3.63) is 46.6 Å². The van der Waals surface area contributed by atoms with Gasteiger partial charge in [0.05, 0.1) is 19.9 Å². The van der Waals surface area contributed by atoms with Crippen LogP contribution in [-0.4, -0.2) is 19.2 Å². The molecule has 106 valence electrons. The molecular formula is C15H17ClN2O2. The maximum Gasteiger partial charge on any atom is 0.212 e. The summed E-state index contributed by atoms with van der Waals surface area (Å²) in [5.41, 5.74) is 2.97. The molecule has 5 heteroatoms. The number of aryl methyl sites for hydroxylation is 1. The van der Waals surface area contributed by atoms with Crippen molar-refractivity contribution in [2.75, 3.05) is 19.5 Å². The van der Waals surface area contributed by atoms with Gasteiger partial charge in [0.1, 0.15) is 5.75 Å². The Morgan fingerprint density at radius 1 is 1.20 bits per heavy atom. The quantitative estimate of drug-likeness (QED) is 0.913. The number of benzene rings is 1. The number of methoxy groups -OCH3 is 2. The summed E-state index contributed by atoms with van der Waals surface area (Å²) in [6, 6.07) is 7.58. The number of hydrogen-bond donors (Lipinski definition) is 1. The van der Waals surface area contributed by atoms with Gasteiger partial charge in [-0.25, -0.2) is 4.98 Å². The third kappa shape index (κ3) is 3.33. The van der Waals surface area contributed by atoms with Crippen molar-refractivity contribution in [2.24, 2.45) is 0 Å². The highest BCUT2D eigenvalue weighted by Gasteiger charge is 2.07. The molecule has 20 heavy (non-hydrogen) atoms. The van der Waals surface area contributed by atoms with Crippen LogP contribution in [0.1, 0.15) is 11.1 Å². The smallest absolute Gasteiger partial charge is 0.212 e. The summed E-state index contributed by atoms with van der Waals surface area (Å²) in [4.78, 5) is 4.17. The van der Waals surface area contributed by atoms with E-state index < -0.39 is 0 Å². The summed E-state index contributed by atoms with van der Waals surface area (Å²) in [6.07, 6.45) is 1.78. The number of nitrogens with one attached hydrogen (secondary N) is 1. The highest BCUT2D eigenvalue weighted by atomic mass is 35.5. The lowest BCUT2D eigenvalue weighted by Crippen LogP contribution is -2.02. The molecule has 1 N–H and O–H groups in total.